The Bertz CT molecular complexity index is 523. The highest BCUT2D eigenvalue weighted by atomic mass is 16.4. The molecule has 3 N–H and O–H groups in total. The summed E-state index contributed by atoms with van der Waals surface area (Å²) in [7, 11) is 0. The summed E-state index contributed by atoms with van der Waals surface area (Å²) in [5.41, 5.74) is 1.27. The molecule has 5 heteroatoms. The molecule has 0 saturated carbocycles. The highest BCUT2D eigenvalue weighted by molar-refractivity contribution is 5.87. The van der Waals surface area contributed by atoms with Crippen LogP contribution in [0.2, 0.25) is 0 Å². The maximum atomic E-state index is 11.7. The molecule has 21 heavy (non-hydrogen) atoms. The predicted octanol–water partition coefficient (Wildman–Crippen LogP) is 2.34. The van der Waals surface area contributed by atoms with Gasteiger partial charge in [-0.25, -0.2) is 9.59 Å². The van der Waals surface area contributed by atoms with Gasteiger partial charge in [0.15, 0.2) is 0 Å². The molecule has 2 amide bonds. The molecule has 0 bridgehead atoms. The number of rotatable bonds is 5. The summed E-state index contributed by atoms with van der Waals surface area (Å²) in [4.78, 5) is 22.5. The third-order valence-corrected chi connectivity index (χ3v) is 3.50. The van der Waals surface area contributed by atoms with Gasteiger partial charge in [-0.2, -0.15) is 0 Å². The van der Waals surface area contributed by atoms with Crippen LogP contribution in [0.5, 0.6) is 0 Å². The highest BCUT2D eigenvalue weighted by Gasteiger charge is 2.12. The molecule has 1 aliphatic rings. The van der Waals surface area contributed by atoms with E-state index in [2.05, 4.69) is 22.8 Å². The first kappa shape index (κ1) is 15.1. The molecule has 1 unspecified atom stereocenters. The Balaban J connectivity index is 1.69. The van der Waals surface area contributed by atoms with E-state index in [0.717, 1.165) is 24.8 Å². The molecular weight excluding hydrogens is 268 g/mol. The van der Waals surface area contributed by atoms with Gasteiger partial charge in [0.05, 0.1) is 5.56 Å². The van der Waals surface area contributed by atoms with Crippen LogP contribution in [-0.2, 0) is 6.42 Å². The van der Waals surface area contributed by atoms with Crippen molar-refractivity contribution in [1.82, 2.24) is 10.6 Å². The summed E-state index contributed by atoms with van der Waals surface area (Å²) in [5.74, 6) is -0.930. The fourth-order valence-corrected chi connectivity index (χ4v) is 2.30. The minimum atomic E-state index is -0.930. The molecule has 5 nitrogen and oxygen atoms in total. The van der Waals surface area contributed by atoms with E-state index in [0.29, 0.717) is 13.0 Å². The fraction of sp³-hybridized carbons (Fsp3) is 0.375. The molecule has 112 valence electrons. The van der Waals surface area contributed by atoms with E-state index in [1.54, 1.807) is 24.3 Å². The number of carboxylic acid groups (broad SMARTS) is 1. The second-order valence-electron chi connectivity index (χ2n) is 5.13. The monoisotopic (exact) mass is 288 g/mol. The zero-order valence-electron chi connectivity index (χ0n) is 11.8. The van der Waals surface area contributed by atoms with E-state index in [4.69, 9.17) is 5.11 Å². The quantitative estimate of drug-likeness (QED) is 0.728. The highest BCUT2D eigenvalue weighted by Crippen LogP contribution is 2.10. The van der Waals surface area contributed by atoms with Gasteiger partial charge in [-0.3, -0.25) is 0 Å². The summed E-state index contributed by atoms with van der Waals surface area (Å²) in [6.45, 7) is 0.529. The molecule has 0 aromatic heterocycles. The number of urea groups is 1. The summed E-state index contributed by atoms with van der Waals surface area (Å²) in [5, 5.41) is 14.6. The number of carbonyl (C=O) groups is 2. The summed E-state index contributed by atoms with van der Waals surface area (Å²) in [6.07, 6.45) is 7.80. The van der Waals surface area contributed by atoms with Gasteiger partial charge in [0, 0.05) is 12.6 Å². The first-order valence-corrected chi connectivity index (χ1v) is 7.17. The molecule has 2 rings (SSSR count). The van der Waals surface area contributed by atoms with Crippen molar-refractivity contribution in [2.45, 2.75) is 31.7 Å². The van der Waals surface area contributed by atoms with Crippen molar-refractivity contribution in [3.63, 3.8) is 0 Å². The van der Waals surface area contributed by atoms with Gasteiger partial charge in [0.25, 0.3) is 0 Å². The van der Waals surface area contributed by atoms with Crippen molar-refractivity contribution in [2.75, 3.05) is 6.54 Å². The Kier molecular flexibility index (Phi) is 5.37. The van der Waals surface area contributed by atoms with Crippen LogP contribution in [0.3, 0.4) is 0 Å². The fourth-order valence-electron chi connectivity index (χ4n) is 2.30. The number of hydrogen-bond acceptors (Lipinski definition) is 2. The molecular formula is C16H20N2O3. The number of aromatic carboxylic acids is 1. The van der Waals surface area contributed by atoms with Gasteiger partial charge in [-0.15, -0.1) is 0 Å². The largest absolute Gasteiger partial charge is 0.478 e. The van der Waals surface area contributed by atoms with Crippen molar-refractivity contribution in [3.05, 3.63) is 47.5 Å². The molecule has 1 aromatic rings. The van der Waals surface area contributed by atoms with Crippen LogP contribution in [0.15, 0.2) is 36.4 Å². The van der Waals surface area contributed by atoms with E-state index < -0.39 is 5.97 Å². The zero-order valence-corrected chi connectivity index (χ0v) is 11.8. The first-order valence-electron chi connectivity index (χ1n) is 7.17. The Labute approximate surface area is 124 Å². The molecule has 0 saturated heterocycles. The molecule has 0 spiro atoms. The van der Waals surface area contributed by atoms with Crippen molar-refractivity contribution in [2.24, 2.45) is 0 Å². The number of carbonyl (C=O) groups excluding carboxylic acids is 1. The van der Waals surface area contributed by atoms with E-state index in [9.17, 15) is 9.59 Å². The third-order valence-electron chi connectivity index (χ3n) is 3.50. The van der Waals surface area contributed by atoms with Crippen LogP contribution in [0.1, 0.15) is 35.2 Å². The number of benzene rings is 1. The Hall–Kier alpha value is -2.30. The van der Waals surface area contributed by atoms with Crippen molar-refractivity contribution in [3.8, 4) is 0 Å². The Morgan fingerprint density at radius 3 is 2.57 bits per heavy atom. The third kappa shape index (κ3) is 4.95. The standard InChI is InChI=1S/C16H20N2O3/c19-15(20)13-8-6-12(7-9-13)10-11-17-16(21)18-14-4-2-1-3-5-14/h1-2,6-9,14H,3-5,10-11H2,(H,19,20)(H2,17,18,21). The number of nitrogens with one attached hydrogen (secondary N) is 2. The lowest BCUT2D eigenvalue weighted by atomic mass is 10.0. The van der Waals surface area contributed by atoms with Crippen LogP contribution >= 0.6 is 0 Å². The molecule has 1 aliphatic carbocycles. The number of allylic oxidation sites excluding steroid dienone is 1. The van der Waals surface area contributed by atoms with Crippen LogP contribution in [0.25, 0.3) is 0 Å². The zero-order chi connectivity index (χ0) is 15.1. The van der Waals surface area contributed by atoms with Gasteiger partial charge in [-0.05, 0) is 43.4 Å². The lowest BCUT2D eigenvalue weighted by Gasteiger charge is -2.19. The van der Waals surface area contributed by atoms with Crippen molar-refractivity contribution < 1.29 is 14.7 Å². The molecule has 0 fully saturated rings. The average molecular weight is 288 g/mol. The van der Waals surface area contributed by atoms with E-state index >= 15 is 0 Å². The SMILES string of the molecule is O=C(NCCc1ccc(C(=O)O)cc1)NC1CC=CCC1. The van der Waals surface area contributed by atoms with Gasteiger partial charge in [0.2, 0.25) is 0 Å². The van der Waals surface area contributed by atoms with Crippen LogP contribution in [0, 0.1) is 0 Å². The van der Waals surface area contributed by atoms with Gasteiger partial charge in [0.1, 0.15) is 0 Å². The van der Waals surface area contributed by atoms with Crippen LogP contribution in [0.4, 0.5) is 4.79 Å². The lowest BCUT2D eigenvalue weighted by molar-refractivity contribution is 0.0697. The summed E-state index contributed by atoms with van der Waals surface area (Å²) < 4.78 is 0. The number of amides is 2. The van der Waals surface area contributed by atoms with Gasteiger partial charge < -0.3 is 15.7 Å². The van der Waals surface area contributed by atoms with Crippen LogP contribution in [-0.4, -0.2) is 29.7 Å². The van der Waals surface area contributed by atoms with Crippen LogP contribution < -0.4 is 10.6 Å². The van der Waals surface area contributed by atoms with Crippen molar-refractivity contribution >= 4 is 12.0 Å². The minimum absolute atomic E-state index is 0.141. The second-order valence-corrected chi connectivity index (χ2v) is 5.13. The van der Waals surface area contributed by atoms with E-state index in [-0.39, 0.29) is 17.6 Å². The Morgan fingerprint density at radius 2 is 1.95 bits per heavy atom. The Morgan fingerprint density at radius 1 is 1.19 bits per heavy atom. The topological polar surface area (TPSA) is 78.4 Å². The summed E-state index contributed by atoms with van der Waals surface area (Å²) >= 11 is 0. The number of carboxylic acids is 1. The lowest BCUT2D eigenvalue weighted by Crippen LogP contribution is -2.43. The first-order chi connectivity index (χ1) is 10.1. The maximum Gasteiger partial charge on any atom is 0.335 e. The molecule has 0 aliphatic heterocycles. The molecule has 1 aromatic carbocycles. The molecule has 0 radical (unpaired) electrons. The second kappa shape index (κ2) is 7.47. The normalized spacial score (nSPS) is 17.2. The van der Waals surface area contributed by atoms with Crippen molar-refractivity contribution in [1.29, 1.82) is 0 Å². The average Bonchev–Trinajstić information content (AvgIpc) is 2.49. The minimum Gasteiger partial charge on any atom is -0.478 e. The smallest absolute Gasteiger partial charge is 0.335 e. The number of hydrogen-bond donors (Lipinski definition) is 3. The molecule has 1 atom stereocenters. The van der Waals surface area contributed by atoms with E-state index in [1.807, 2.05) is 0 Å². The predicted molar refractivity (Wildman–Crippen MR) is 80.4 cm³/mol. The van der Waals surface area contributed by atoms with Gasteiger partial charge >= 0.3 is 12.0 Å². The van der Waals surface area contributed by atoms with E-state index in [1.165, 1.54) is 0 Å². The maximum absolute atomic E-state index is 11.7. The summed E-state index contributed by atoms with van der Waals surface area (Å²) in [6, 6.07) is 6.78. The van der Waals surface area contributed by atoms with Gasteiger partial charge in [-0.1, -0.05) is 24.3 Å². The molecule has 0 heterocycles.